The van der Waals surface area contributed by atoms with Gasteiger partial charge in [-0.3, -0.25) is 0 Å². The van der Waals surface area contributed by atoms with Gasteiger partial charge in [-0.05, 0) is 37.5 Å². The molecular weight excluding hydrogens is 274 g/mol. The van der Waals surface area contributed by atoms with Crippen LogP contribution in [0, 0.1) is 0 Å². The normalized spacial score (nSPS) is 10.6. The molecule has 6 heteroatoms. The third-order valence-corrected chi connectivity index (χ3v) is 3.23. The molecule has 0 amide bonds. The van der Waals surface area contributed by atoms with Crippen LogP contribution in [-0.2, 0) is 0 Å². The van der Waals surface area contributed by atoms with Gasteiger partial charge in [0.25, 0.3) is 0 Å². The lowest BCUT2D eigenvalue weighted by molar-refractivity contribution is 0.245. The maximum Gasteiger partial charge on any atom is 0.197 e. The summed E-state index contributed by atoms with van der Waals surface area (Å²) in [6.45, 7) is 5.13. The zero-order chi connectivity index (χ0) is 14.4. The van der Waals surface area contributed by atoms with Gasteiger partial charge in [-0.25, -0.2) is 0 Å². The summed E-state index contributed by atoms with van der Waals surface area (Å²) in [6.07, 6.45) is 0.0646. The van der Waals surface area contributed by atoms with Gasteiger partial charge in [0, 0.05) is 6.54 Å². The largest absolute Gasteiger partial charge is 0.492 e. The Morgan fingerprint density at radius 3 is 2.75 bits per heavy atom. The molecule has 0 spiro atoms. The fourth-order valence-corrected chi connectivity index (χ4v) is 2.28. The summed E-state index contributed by atoms with van der Waals surface area (Å²) in [6, 6.07) is 9.71. The fourth-order valence-electron chi connectivity index (χ4n) is 1.61. The number of benzene rings is 1. The molecule has 2 aromatic rings. The van der Waals surface area contributed by atoms with Crippen molar-refractivity contribution in [2.45, 2.75) is 20.0 Å². The SMILES string of the molecule is CC(C)Oc1c(N)nsc1NCCOc1ccccc1. The average Bonchev–Trinajstić information content (AvgIpc) is 2.77. The highest BCUT2D eigenvalue weighted by Crippen LogP contribution is 2.35. The summed E-state index contributed by atoms with van der Waals surface area (Å²) in [4.78, 5) is 0. The van der Waals surface area contributed by atoms with Crippen LogP contribution in [0.3, 0.4) is 0 Å². The van der Waals surface area contributed by atoms with Crippen molar-refractivity contribution in [3.63, 3.8) is 0 Å². The molecule has 3 N–H and O–H groups in total. The number of rotatable bonds is 7. The molecule has 0 saturated carbocycles. The standard InChI is InChI=1S/C14H19N3O2S/c1-10(2)19-12-13(15)17-20-14(12)16-8-9-18-11-6-4-3-5-7-11/h3-7,10,16H,8-9H2,1-2H3,(H2,15,17). The van der Waals surface area contributed by atoms with Crippen molar-refractivity contribution in [2.75, 3.05) is 24.2 Å². The average molecular weight is 293 g/mol. The molecule has 0 aliphatic carbocycles. The molecule has 0 saturated heterocycles. The van der Waals surface area contributed by atoms with Gasteiger partial charge in [0.05, 0.1) is 6.10 Å². The van der Waals surface area contributed by atoms with Crippen LogP contribution in [0.25, 0.3) is 0 Å². The molecule has 1 aromatic heterocycles. The van der Waals surface area contributed by atoms with E-state index >= 15 is 0 Å². The predicted octanol–water partition coefficient (Wildman–Crippen LogP) is 3.00. The van der Waals surface area contributed by atoms with E-state index in [0.29, 0.717) is 24.7 Å². The van der Waals surface area contributed by atoms with Gasteiger partial charge < -0.3 is 20.5 Å². The second-order valence-corrected chi connectivity index (χ2v) is 5.25. The molecule has 0 aliphatic heterocycles. The smallest absolute Gasteiger partial charge is 0.197 e. The summed E-state index contributed by atoms with van der Waals surface area (Å²) >= 11 is 1.30. The van der Waals surface area contributed by atoms with Crippen LogP contribution >= 0.6 is 11.5 Å². The van der Waals surface area contributed by atoms with Crippen molar-refractivity contribution < 1.29 is 9.47 Å². The van der Waals surface area contributed by atoms with Gasteiger partial charge in [-0.15, -0.1) is 0 Å². The van der Waals surface area contributed by atoms with Crippen LogP contribution in [0.15, 0.2) is 30.3 Å². The first-order valence-corrected chi connectivity index (χ1v) is 7.27. The number of para-hydroxylation sites is 1. The van der Waals surface area contributed by atoms with E-state index in [1.54, 1.807) is 0 Å². The molecule has 1 heterocycles. The molecule has 20 heavy (non-hydrogen) atoms. The predicted molar refractivity (Wildman–Crippen MR) is 82.7 cm³/mol. The van der Waals surface area contributed by atoms with Crippen molar-refractivity contribution >= 4 is 22.4 Å². The summed E-state index contributed by atoms with van der Waals surface area (Å²) in [5.74, 6) is 1.91. The zero-order valence-corrected chi connectivity index (χ0v) is 12.4. The van der Waals surface area contributed by atoms with Gasteiger partial charge in [-0.2, -0.15) is 4.37 Å². The molecule has 2 rings (SSSR count). The molecule has 0 fully saturated rings. The van der Waals surface area contributed by atoms with Crippen LogP contribution in [-0.4, -0.2) is 23.6 Å². The Kier molecular flexibility index (Phi) is 5.06. The highest BCUT2D eigenvalue weighted by Gasteiger charge is 2.13. The molecule has 5 nitrogen and oxygen atoms in total. The lowest BCUT2D eigenvalue weighted by Crippen LogP contribution is -2.13. The van der Waals surface area contributed by atoms with Gasteiger partial charge in [0.15, 0.2) is 16.6 Å². The fraction of sp³-hybridized carbons (Fsp3) is 0.357. The topological polar surface area (TPSA) is 69.4 Å². The highest BCUT2D eigenvalue weighted by atomic mass is 32.1. The molecule has 0 atom stereocenters. The van der Waals surface area contributed by atoms with Crippen LogP contribution in [0.5, 0.6) is 11.5 Å². The molecule has 108 valence electrons. The van der Waals surface area contributed by atoms with Crippen molar-refractivity contribution in [3.8, 4) is 11.5 Å². The maximum atomic E-state index is 5.79. The number of nitrogens with zero attached hydrogens (tertiary/aromatic N) is 1. The van der Waals surface area contributed by atoms with E-state index in [2.05, 4.69) is 9.69 Å². The number of nitrogen functional groups attached to an aromatic ring is 1. The van der Waals surface area contributed by atoms with Crippen LogP contribution in [0.4, 0.5) is 10.8 Å². The van der Waals surface area contributed by atoms with E-state index in [9.17, 15) is 0 Å². The molecule has 0 aliphatic rings. The molecule has 0 radical (unpaired) electrons. The summed E-state index contributed by atoms with van der Waals surface area (Å²) in [5, 5.41) is 4.08. The Morgan fingerprint density at radius 1 is 1.30 bits per heavy atom. The second-order valence-electron chi connectivity index (χ2n) is 4.48. The first-order valence-electron chi connectivity index (χ1n) is 6.50. The number of aromatic nitrogens is 1. The molecule has 0 unspecified atom stereocenters. The number of anilines is 2. The minimum absolute atomic E-state index is 0.0646. The summed E-state index contributed by atoms with van der Waals surface area (Å²) in [5.41, 5.74) is 5.79. The minimum Gasteiger partial charge on any atom is -0.492 e. The first kappa shape index (κ1) is 14.5. The Morgan fingerprint density at radius 2 is 2.05 bits per heavy atom. The molecule has 0 bridgehead atoms. The van der Waals surface area contributed by atoms with Crippen LogP contribution in [0.1, 0.15) is 13.8 Å². The number of ether oxygens (including phenoxy) is 2. The molecular formula is C14H19N3O2S. The van der Waals surface area contributed by atoms with Crippen LogP contribution < -0.4 is 20.5 Å². The quantitative estimate of drug-likeness (QED) is 0.768. The summed E-state index contributed by atoms with van der Waals surface area (Å²) in [7, 11) is 0. The Hall–Kier alpha value is -1.95. The van der Waals surface area contributed by atoms with Gasteiger partial charge in [0.1, 0.15) is 12.4 Å². The molecule has 1 aromatic carbocycles. The van der Waals surface area contributed by atoms with E-state index < -0.39 is 0 Å². The van der Waals surface area contributed by atoms with Crippen molar-refractivity contribution in [2.24, 2.45) is 0 Å². The van der Waals surface area contributed by atoms with Gasteiger partial charge in [-0.1, -0.05) is 18.2 Å². The Bertz CT molecular complexity index is 528. The van der Waals surface area contributed by atoms with E-state index in [0.717, 1.165) is 10.8 Å². The number of nitrogens with two attached hydrogens (primary N) is 1. The third kappa shape index (κ3) is 4.03. The first-order chi connectivity index (χ1) is 9.66. The Balaban J connectivity index is 1.82. The Labute approximate surface area is 122 Å². The van der Waals surface area contributed by atoms with Crippen molar-refractivity contribution in [3.05, 3.63) is 30.3 Å². The van der Waals surface area contributed by atoms with E-state index in [1.165, 1.54) is 11.5 Å². The zero-order valence-electron chi connectivity index (χ0n) is 11.6. The minimum atomic E-state index is 0.0646. The third-order valence-electron chi connectivity index (χ3n) is 2.43. The maximum absolute atomic E-state index is 5.79. The number of hydrogen-bond donors (Lipinski definition) is 2. The van der Waals surface area contributed by atoms with E-state index in [1.807, 2.05) is 44.2 Å². The van der Waals surface area contributed by atoms with Crippen molar-refractivity contribution in [1.82, 2.24) is 4.37 Å². The lowest BCUT2D eigenvalue weighted by Gasteiger charge is -2.12. The van der Waals surface area contributed by atoms with Gasteiger partial charge >= 0.3 is 0 Å². The summed E-state index contributed by atoms with van der Waals surface area (Å²) < 4.78 is 15.4. The monoisotopic (exact) mass is 293 g/mol. The number of hydrogen-bond acceptors (Lipinski definition) is 6. The second kappa shape index (κ2) is 7.00. The number of nitrogens with one attached hydrogen (secondary N) is 1. The van der Waals surface area contributed by atoms with Crippen LogP contribution in [0.2, 0.25) is 0 Å². The van der Waals surface area contributed by atoms with E-state index in [-0.39, 0.29) is 6.10 Å². The highest BCUT2D eigenvalue weighted by molar-refractivity contribution is 7.11. The van der Waals surface area contributed by atoms with Gasteiger partial charge in [0.2, 0.25) is 0 Å². The van der Waals surface area contributed by atoms with Crippen molar-refractivity contribution in [1.29, 1.82) is 0 Å². The lowest BCUT2D eigenvalue weighted by atomic mass is 10.3. The van der Waals surface area contributed by atoms with E-state index in [4.69, 9.17) is 15.2 Å².